The SMILES string of the molecule is CS(=O)(=O)Nc1cccc2nc(-c3ccccc3)c(-c3ccccc3)nc12. The van der Waals surface area contributed by atoms with Crippen molar-refractivity contribution in [3.63, 3.8) is 0 Å². The lowest BCUT2D eigenvalue weighted by molar-refractivity contribution is 0.607. The van der Waals surface area contributed by atoms with Crippen molar-refractivity contribution in [1.82, 2.24) is 9.97 Å². The molecule has 0 bridgehead atoms. The van der Waals surface area contributed by atoms with Crippen LogP contribution in [0.4, 0.5) is 5.69 Å². The van der Waals surface area contributed by atoms with Gasteiger partial charge < -0.3 is 0 Å². The fraction of sp³-hybridized carbons (Fsp3) is 0.0476. The molecule has 0 aliphatic heterocycles. The minimum absolute atomic E-state index is 0.416. The molecule has 0 saturated heterocycles. The molecule has 134 valence electrons. The molecule has 0 radical (unpaired) electrons. The van der Waals surface area contributed by atoms with Gasteiger partial charge in [0.2, 0.25) is 10.0 Å². The highest BCUT2D eigenvalue weighted by atomic mass is 32.2. The lowest BCUT2D eigenvalue weighted by Gasteiger charge is -2.13. The van der Waals surface area contributed by atoms with Crippen molar-refractivity contribution in [1.29, 1.82) is 0 Å². The Labute approximate surface area is 157 Å². The summed E-state index contributed by atoms with van der Waals surface area (Å²) < 4.78 is 26.0. The smallest absolute Gasteiger partial charge is 0.229 e. The van der Waals surface area contributed by atoms with E-state index in [1.807, 2.05) is 66.7 Å². The van der Waals surface area contributed by atoms with Gasteiger partial charge in [0.15, 0.2) is 0 Å². The van der Waals surface area contributed by atoms with Crippen LogP contribution in [-0.2, 0) is 10.0 Å². The number of sulfonamides is 1. The summed E-state index contributed by atoms with van der Waals surface area (Å²) in [4.78, 5) is 9.63. The highest BCUT2D eigenvalue weighted by molar-refractivity contribution is 7.92. The first-order valence-electron chi connectivity index (χ1n) is 8.41. The second-order valence-corrected chi connectivity index (χ2v) is 7.95. The average Bonchev–Trinajstić information content (AvgIpc) is 2.67. The number of nitrogens with zero attached hydrogens (tertiary/aromatic N) is 2. The van der Waals surface area contributed by atoms with E-state index in [2.05, 4.69) is 4.72 Å². The molecule has 6 heteroatoms. The zero-order valence-corrected chi connectivity index (χ0v) is 15.4. The maximum Gasteiger partial charge on any atom is 0.229 e. The summed E-state index contributed by atoms with van der Waals surface area (Å²) in [7, 11) is -3.43. The highest BCUT2D eigenvalue weighted by Crippen LogP contribution is 2.32. The Kier molecular flexibility index (Phi) is 4.33. The monoisotopic (exact) mass is 375 g/mol. The topological polar surface area (TPSA) is 72.0 Å². The molecule has 1 aromatic heterocycles. The zero-order valence-electron chi connectivity index (χ0n) is 14.6. The van der Waals surface area contributed by atoms with Crippen molar-refractivity contribution in [2.75, 3.05) is 11.0 Å². The number of nitrogens with one attached hydrogen (secondary N) is 1. The first-order valence-corrected chi connectivity index (χ1v) is 10.3. The van der Waals surface area contributed by atoms with Crippen LogP contribution >= 0.6 is 0 Å². The van der Waals surface area contributed by atoms with Crippen LogP contribution in [0.25, 0.3) is 33.5 Å². The minimum atomic E-state index is -3.43. The molecule has 4 aromatic rings. The molecule has 0 amide bonds. The second kappa shape index (κ2) is 6.81. The van der Waals surface area contributed by atoms with Gasteiger partial charge in [-0.05, 0) is 12.1 Å². The predicted molar refractivity (Wildman–Crippen MR) is 109 cm³/mol. The molecular weight excluding hydrogens is 358 g/mol. The third kappa shape index (κ3) is 3.66. The van der Waals surface area contributed by atoms with Gasteiger partial charge in [-0.15, -0.1) is 0 Å². The summed E-state index contributed by atoms with van der Waals surface area (Å²) >= 11 is 0. The Bertz CT molecular complexity index is 1210. The molecule has 0 spiro atoms. The van der Waals surface area contributed by atoms with Gasteiger partial charge in [0.25, 0.3) is 0 Å². The van der Waals surface area contributed by atoms with Crippen LogP contribution in [0.2, 0.25) is 0 Å². The van der Waals surface area contributed by atoms with Gasteiger partial charge in [-0.1, -0.05) is 66.7 Å². The van der Waals surface area contributed by atoms with Crippen LogP contribution in [0.15, 0.2) is 78.9 Å². The molecule has 0 atom stereocenters. The molecule has 4 rings (SSSR count). The number of hydrogen-bond acceptors (Lipinski definition) is 4. The quantitative estimate of drug-likeness (QED) is 0.576. The molecule has 1 heterocycles. The Morgan fingerprint density at radius 1 is 0.704 bits per heavy atom. The fourth-order valence-electron chi connectivity index (χ4n) is 2.95. The van der Waals surface area contributed by atoms with E-state index in [1.165, 1.54) is 0 Å². The Morgan fingerprint density at radius 2 is 1.26 bits per heavy atom. The Balaban J connectivity index is 2.03. The third-order valence-corrected chi connectivity index (χ3v) is 4.68. The molecule has 0 saturated carbocycles. The van der Waals surface area contributed by atoms with E-state index in [1.54, 1.807) is 12.1 Å². The molecule has 0 fully saturated rings. The largest absolute Gasteiger partial charge is 0.282 e. The summed E-state index contributed by atoms with van der Waals surface area (Å²) in [5.74, 6) is 0. The Hall–Kier alpha value is -3.25. The summed E-state index contributed by atoms with van der Waals surface area (Å²) in [5, 5.41) is 0. The van der Waals surface area contributed by atoms with E-state index < -0.39 is 10.0 Å². The molecule has 27 heavy (non-hydrogen) atoms. The molecule has 0 aliphatic rings. The lowest BCUT2D eigenvalue weighted by atomic mass is 10.0. The third-order valence-electron chi connectivity index (χ3n) is 4.08. The lowest BCUT2D eigenvalue weighted by Crippen LogP contribution is -2.10. The zero-order chi connectivity index (χ0) is 18.9. The standard InChI is InChI=1S/C21H17N3O2S/c1-27(25,26)24-18-14-8-13-17-21(18)23-20(16-11-6-3-7-12-16)19(22-17)15-9-4-2-5-10-15/h2-14,24H,1H3. The second-order valence-electron chi connectivity index (χ2n) is 6.20. The first-order chi connectivity index (χ1) is 13.0. The van der Waals surface area contributed by atoms with Crippen molar-refractivity contribution in [2.24, 2.45) is 0 Å². The number of aromatic nitrogens is 2. The summed E-state index contributed by atoms with van der Waals surface area (Å²) in [5.41, 5.74) is 4.89. The van der Waals surface area contributed by atoms with Crippen molar-refractivity contribution in [2.45, 2.75) is 0 Å². The predicted octanol–water partition coefficient (Wildman–Crippen LogP) is 4.34. The van der Waals surface area contributed by atoms with Crippen LogP contribution in [0.5, 0.6) is 0 Å². The molecule has 5 nitrogen and oxygen atoms in total. The van der Waals surface area contributed by atoms with E-state index >= 15 is 0 Å². The van der Waals surface area contributed by atoms with Crippen molar-refractivity contribution >= 4 is 26.7 Å². The van der Waals surface area contributed by atoms with E-state index in [0.29, 0.717) is 22.4 Å². The van der Waals surface area contributed by atoms with Crippen molar-refractivity contribution < 1.29 is 8.42 Å². The van der Waals surface area contributed by atoms with Crippen molar-refractivity contribution in [3.8, 4) is 22.5 Å². The molecule has 0 unspecified atom stereocenters. The van der Waals surface area contributed by atoms with E-state index in [0.717, 1.165) is 23.1 Å². The number of anilines is 1. The van der Waals surface area contributed by atoms with Crippen LogP contribution in [-0.4, -0.2) is 24.6 Å². The number of para-hydroxylation sites is 1. The van der Waals surface area contributed by atoms with Gasteiger partial charge in [0.1, 0.15) is 5.52 Å². The number of hydrogen-bond donors (Lipinski definition) is 1. The number of rotatable bonds is 4. The molecule has 0 aliphatic carbocycles. The van der Waals surface area contributed by atoms with Crippen molar-refractivity contribution in [3.05, 3.63) is 78.9 Å². The molecule has 3 aromatic carbocycles. The van der Waals surface area contributed by atoms with E-state index in [9.17, 15) is 8.42 Å². The summed E-state index contributed by atoms with van der Waals surface area (Å²) in [6.07, 6.45) is 1.12. The first kappa shape index (κ1) is 17.2. The van der Waals surface area contributed by atoms with Gasteiger partial charge in [0, 0.05) is 11.1 Å². The van der Waals surface area contributed by atoms with Crippen LogP contribution < -0.4 is 4.72 Å². The molecular formula is C21H17N3O2S. The average molecular weight is 375 g/mol. The van der Waals surface area contributed by atoms with E-state index in [4.69, 9.17) is 9.97 Å². The van der Waals surface area contributed by atoms with E-state index in [-0.39, 0.29) is 0 Å². The normalized spacial score (nSPS) is 11.4. The Morgan fingerprint density at radius 3 is 1.81 bits per heavy atom. The molecule has 1 N–H and O–H groups in total. The van der Waals surface area contributed by atoms with Crippen LogP contribution in [0, 0.1) is 0 Å². The summed E-state index contributed by atoms with van der Waals surface area (Å²) in [6.45, 7) is 0. The van der Waals surface area contributed by atoms with Gasteiger partial charge in [-0.3, -0.25) is 4.72 Å². The van der Waals surface area contributed by atoms with Crippen LogP contribution in [0.3, 0.4) is 0 Å². The fourth-order valence-corrected chi connectivity index (χ4v) is 3.52. The minimum Gasteiger partial charge on any atom is -0.282 e. The maximum absolute atomic E-state index is 11.7. The van der Waals surface area contributed by atoms with Gasteiger partial charge in [0.05, 0.1) is 28.8 Å². The highest BCUT2D eigenvalue weighted by Gasteiger charge is 2.15. The maximum atomic E-state index is 11.7. The number of fused-ring (bicyclic) bond motifs is 1. The van der Waals surface area contributed by atoms with Gasteiger partial charge in [-0.2, -0.15) is 0 Å². The van der Waals surface area contributed by atoms with Crippen LogP contribution in [0.1, 0.15) is 0 Å². The summed E-state index contributed by atoms with van der Waals surface area (Å²) in [6, 6.07) is 24.9. The van der Waals surface area contributed by atoms with Gasteiger partial charge in [-0.25, -0.2) is 18.4 Å². The number of benzene rings is 3. The van der Waals surface area contributed by atoms with Gasteiger partial charge >= 0.3 is 0 Å².